The summed E-state index contributed by atoms with van der Waals surface area (Å²) in [5.74, 6) is -2.09. The third-order valence-electron chi connectivity index (χ3n) is 1.91. The van der Waals surface area contributed by atoms with Gasteiger partial charge in [0.1, 0.15) is 10.7 Å². The molecule has 0 aromatic heterocycles. The Hall–Kier alpha value is -1.35. The van der Waals surface area contributed by atoms with Gasteiger partial charge in [-0.3, -0.25) is 4.74 Å². The summed E-state index contributed by atoms with van der Waals surface area (Å²) in [4.78, 5) is -0.706. The molecule has 0 aliphatic rings. The maximum atomic E-state index is 13.3. The molecule has 1 rings (SSSR count). The van der Waals surface area contributed by atoms with E-state index >= 15 is 0 Å². The average Bonchev–Trinajstić information content (AvgIpc) is 2.13. The number of halogens is 4. The first kappa shape index (κ1) is 14.7. The molecule has 0 aliphatic carbocycles. The van der Waals surface area contributed by atoms with E-state index in [-0.39, 0.29) is 5.69 Å². The summed E-state index contributed by atoms with van der Waals surface area (Å²) in [5.41, 5.74) is 5.23. The second-order valence-corrected chi connectivity index (χ2v) is 5.38. The SMILES string of the molecule is Nc1ccc(S(=O)(=O)CCOC(F)(F)F)c(F)c1. The highest BCUT2D eigenvalue weighted by Gasteiger charge is 2.30. The van der Waals surface area contributed by atoms with Crippen molar-refractivity contribution < 1.29 is 30.7 Å². The molecule has 0 aliphatic heterocycles. The molecule has 0 heterocycles. The summed E-state index contributed by atoms with van der Waals surface area (Å²) in [5, 5.41) is 0. The second-order valence-electron chi connectivity index (χ2n) is 3.30. The molecule has 0 amide bonds. The number of benzene rings is 1. The molecule has 0 fully saturated rings. The summed E-state index contributed by atoms with van der Waals surface area (Å²) in [7, 11) is -4.19. The van der Waals surface area contributed by atoms with E-state index in [1.165, 1.54) is 0 Å². The number of nitrogens with two attached hydrogens (primary N) is 1. The summed E-state index contributed by atoms with van der Waals surface area (Å²) in [6, 6.07) is 2.81. The van der Waals surface area contributed by atoms with Gasteiger partial charge in [0, 0.05) is 5.69 Å². The van der Waals surface area contributed by atoms with Crippen LogP contribution in [0, 0.1) is 5.82 Å². The zero-order valence-electron chi connectivity index (χ0n) is 8.87. The van der Waals surface area contributed by atoms with Gasteiger partial charge in [0.05, 0.1) is 12.4 Å². The summed E-state index contributed by atoms with van der Waals surface area (Å²) >= 11 is 0. The number of hydrogen-bond donors (Lipinski definition) is 1. The molecular formula is C9H9F4NO3S. The standard InChI is InChI=1S/C9H9F4NO3S/c10-7-5-6(14)1-2-8(7)18(15,16)4-3-17-9(11,12)13/h1-2,5H,3-4,14H2. The van der Waals surface area contributed by atoms with Crippen molar-refractivity contribution in [1.82, 2.24) is 0 Å². The van der Waals surface area contributed by atoms with Crippen LogP contribution in [0.5, 0.6) is 0 Å². The number of ether oxygens (including phenoxy) is 1. The van der Waals surface area contributed by atoms with E-state index < -0.39 is 39.3 Å². The Balaban J connectivity index is 2.81. The van der Waals surface area contributed by atoms with Gasteiger partial charge in [-0.15, -0.1) is 13.2 Å². The van der Waals surface area contributed by atoms with Gasteiger partial charge in [-0.1, -0.05) is 0 Å². The largest absolute Gasteiger partial charge is 0.522 e. The Morgan fingerprint density at radius 2 is 1.89 bits per heavy atom. The molecule has 18 heavy (non-hydrogen) atoms. The van der Waals surface area contributed by atoms with Crippen molar-refractivity contribution in [3.05, 3.63) is 24.0 Å². The maximum Gasteiger partial charge on any atom is 0.522 e. The molecule has 4 nitrogen and oxygen atoms in total. The smallest absolute Gasteiger partial charge is 0.399 e. The van der Waals surface area contributed by atoms with Crippen molar-refractivity contribution in [2.24, 2.45) is 0 Å². The van der Waals surface area contributed by atoms with Crippen molar-refractivity contribution >= 4 is 15.5 Å². The second kappa shape index (κ2) is 5.11. The molecule has 0 spiro atoms. The summed E-state index contributed by atoms with van der Waals surface area (Å²) < 4.78 is 74.6. The van der Waals surface area contributed by atoms with Crippen LogP contribution in [0.15, 0.2) is 23.1 Å². The van der Waals surface area contributed by atoms with Crippen LogP contribution >= 0.6 is 0 Å². The highest BCUT2D eigenvalue weighted by atomic mass is 32.2. The first-order valence-electron chi connectivity index (χ1n) is 4.60. The van der Waals surface area contributed by atoms with Crippen LogP contribution in [0.3, 0.4) is 0 Å². The van der Waals surface area contributed by atoms with E-state index in [4.69, 9.17) is 5.73 Å². The van der Waals surface area contributed by atoms with Crippen molar-refractivity contribution in [2.75, 3.05) is 18.1 Å². The van der Waals surface area contributed by atoms with Crippen molar-refractivity contribution in [1.29, 1.82) is 0 Å². The minimum Gasteiger partial charge on any atom is -0.399 e. The fourth-order valence-corrected chi connectivity index (χ4v) is 2.30. The van der Waals surface area contributed by atoms with Crippen LogP contribution in [0.1, 0.15) is 0 Å². The van der Waals surface area contributed by atoms with E-state index in [2.05, 4.69) is 4.74 Å². The van der Waals surface area contributed by atoms with E-state index in [9.17, 15) is 26.0 Å². The quantitative estimate of drug-likeness (QED) is 0.676. The van der Waals surface area contributed by atoms with Crippen LogP contribution in [0.2, 0.25) is 0 Å². The number of nitrogen functional groups attached to an aromatic ring is 1. The molecule has 0 bridgehead atoms. The van der Waals surface area contributed by atoms with Crippen molar-refractivity contribution in [3.8, 4) is 0 Å². The van der Waals surface area contributed by atoms with Gasteiger partial charge in [0.2, 0.25) is 0 Å². The van der Waals surface area contributed by atoms with E-state index in [0.717, 1.165) is 18.2 Å². The van der Waals surface area contributed by atoms with Crippen LogP contribution in [0.25, 0.3) is 0 Å². The molecule has 2 N–H and O–H groups in total. The summed E-state index contributed by atoms with van der Waals surface area (Å²) in [6.07, 6.45) is -4.92. The average molecular weight is 287 g/mol. The molecular weight excluding hydrogens is 278 g/mol. The summed E-state index contributed by atoms with van der Waals surface area (Å²) in [6.45, 7) is -1.10. The zero-order chi connectivity index (χ0) is 14.0. The van der Waals surface area contributed by atoms with E-state index in [0.29, 0.717) is 0 Å². The number of hydrogen-bond acceptors (Lipinski definition) is 4. The third kappa shape index (κ3) is 4.15. The predicted octanol–water partition coefficient (Wildman–Crippen LogP) is 1.72. The maximum absolute atomic E-state index is 13.3. The Labute approximate surface area is 100 Å². The highest BCUT2D eigenvalue weighted by Crippen LogP contribution is 2.20. The normalized spacial score (nSPS) is 12.7. The lowest BCUT2D eigenvalue weighted by molar-refractivity contribution is -0.322. The monoisotopic (exact) mass is 287 g/mol. The fourth-order valence-electron chi connectivity index (χ4n) is 1.15. The van der Waals surface area contributed by atoms with Crippen LogP contribution in [-0.4, -0.2) is 27.1 Å². The van der Waals surface area contributed by atoms with Gasteiger partial charge < -0.3 is 5.73 Å². The van der Waals surface area contributed by atoms with Gasteiger partial charge in [0.15, 0.2) is 9.84 Å². The lowest BCUT2D eigenvalue weighted by atomic mass is 10.3. The lowest BCUT2D eigenvalue weighted by Gasteiger charge is -2.08. The highest BCUT2D eigenvalue weighted by molar-refractivity contribution is 7.91. The first-order valence-corrected chi connectivity index (χ1v) is 6.25. The Kier molecular flexibility index (Phi) is 4.17. The molecule has 0 atom stereocenters. The molecule has 1 aromatic carbocycles. The fraction of sp³-hybridized carbons (Fsp3) is 0.333. The van der Waals surface area contributed by atoms with Gasteiger partial charge in [-0.05, 0) is 18.2 Å². The topological polar surface area (TPSA) is 69.4 Å². The molecule has 1 aromatic rings. The number of alkyl halides is 3. The molecule has 0 radical (unpaired) electrons. The first-order chi connectivity index (χ1) is 8.12. The van der Waals surface area contributed by atoms with Gasteiger partial charge in [0.25, 0.3) is 0 Å². The van der Waals surface area contributed by atoms with Crippen molar-refractivity contribution in [2.45, 2.75) is 11.3 Å². The predicted molar refractivity (Wildman–Crippen MR) is 54.9 cm³/mol. The zero-order valence-corrected chi connectivity index (χ0v) is 9.68. The minimum atomic E-state index is -4.92. The van der Waals surface area contributed by atoms with Gasteiger partial charge >= 0.3 is 6.36 Å². The third-order valence-corrected chi connectivity index (χ3v) is 3.61. The Morgan fingerprint density at radius 3 is 2.39 bits per heavy atom. The molecule has 0 unspecified atom stereocenters. The minimum absolute atomic E-state index is 0.0120. The Bertz CT molecular complexity index is 527. The van der Waals surface area contributed by atoms with E-state index in [1.807, 2.05) is 0 Å². The number of rotatable bonds is 4. The number of sulfone groups is 1. The molecule has 9 heteroatoms. The van der Waals surface area contributed by atoms with Crippen LogP contribution in [-0.2, 0) is 14.6 Å². The van der Waals surface area contributed by atoms with E-state index in [1.54, 1.807) is 0 Å². The van der Waals surface area contributed by atoms with Gasteiger partial charge in [-0.25, -0.2) is 12.8 Å². The van der Waals surface area contributed by atoms with Crippen LogP contribution < -0.4 is 5.73 Å². The van der Waals surface area contributed by atoms with Crippen LogP contribution in [0.4, 0.5) is 23.2 Å². The van der Waals surface area contributed by atoms with Crippen molar-refractivity contribution in [3.63, 3.8) is 0 Å². The number of anilines is 1. The molecule has 0 saturated carbocycles. The lowest BCUT2D eigenvalue weighted by Crippen LogP contribution is -2.20. The molecule has 0 saturated heterocycles. The Morgan fingerprint density at radius 1 is 1.28 bits per heavy atom. The molecule has 102 valence electrons. The van der Waals surface area contributed by atoms with Gasteiger partial charge in [-0.2, -0.15) is 0 Å².